The summed E-state index contributed by atoms with van der Waals surface area (Å²) in [5.41, 5.74) is 15.3. The number of methoxy groups -OCH3 is 1. The predicted octanol–water partition coefficient (Wildman–Crippen LogP) is 5.25. The molecular formula is C46H51N15O5. The first-order valence-corrected chi connectivity index (χ1v) is 21.5. The van der Waals surface area contributed by atoms with E-state index in [9.17, 15) is 9.59 Å². The summed E-state index contributed by atoms with van der Waals surface area (Å²) in [6, 6.07) is 21.0. The van der Waals surface area contributed by atoms with Crippen molar-refractivity contribution >= 4 is 63.1 Å². The number of hydrogen-bond donors (Lipinski definition) is 5. The highest BCUT2D eigenvalue weighted by atomic mass is 16.5. The largest absolute Gasteiger partial charge is 0.491 e. The van der Waals surface area contributed by atoms with Crippen LogP contribution in [-0.2, 0) is 14.3 Å². The van der Waals surface area contributed by atoms with E-state index in [1.165, 1.54) is 18.7 Å². The Bertz CT molecular complexity index is 2830. The van der Waals surface area contributed by atoms with E-state index in [-0.39, 0.29) is 29.7 Å². The molecule has 2 aliphatic heterocycles. The Morgan fingerprint density at radius 3 is 1.83 bits per heavy atom. The van der Waals surface area contributed by atoms with Crippen molar-refractivity contribution in [2.75, 3.05) is 68.6 Å². The average molecular weight is 894 g/mol. The van der Waals surface area contributed by atoms with Crippen LogP contribution in [0.5, 0.6) is 17.2 Å². The van der Waals surface area contributed by atoms with Crippen LogP contribution in [0.15, 0.2) is 104 Å². The number of fused-ring (bicyclic) bond motifs is 2. The Morgan fingerprint density at radius 1 is 0.742 bits per heavy atom. The van der Waals surface area contributed by atoms with Gasteiger partial charge in [-0.1, -0.05) is 24.8 Å². The highest BCUT2D eigenvalue weighted by molar-refractivity contribution is 6.24. The minimum Gasteiger partial charge on any atom is -0.491 e. The molecule has 0 bridgehead atoms. The van der Waals surface area contributed by atoms with E-state index in [0.29, 0.717) is 67.4 Å². The number of nitrogens with one attached hydrogen (secondary N) is 3. The van der Waals surface area contributed by atoms with Crippen molar-refractivity contribution in [3.05, 3.63) is 104 Å². The maximum atomic E-state index is 12.0. The molecule has 20 heteroatoms. The molecule has 2 saturated heterocycles. The van der Waals surface area contributed by atoms with Crippen molar-refractivity contribution < 1.29 is 23.8 Å². The van der Waals surface area contributed by atoms with Crippen LogP contribution in [0, 0.1) is 5.41 Å². The van der Waals surface area contributed by atoms with Gasteiger partial charge in [0.25, 0.3) is 5.91 Å². The summed E-state index contributed by atoms with van der Waals surface area (Å²) >= 11 is 0. The Kier molecular flexibility index (Phi) is 13.9. The zero-order chi connectivity index (χ0) is 46.0. The van der Waals surface area contributed by atoms with Crippen LogP contribution in [0.2, 0.25) is 0 Å². The molecule has 2 amide bonds. The quantitative estimate of drug-likeness (QED) is 0.0531. The van der Waals surface area contributed by atoms with E-state index in [2.05, 4.69) is 47.3 Å². The molecular weight excluding hydrogens is 843 g/mol. The Hall–Kier alpha value is -8.13. The Balaban J connectivity index is 0.000000180. The first-order valence-electron chi connectivity index (χ1n) is 21.5. The summed E-state index contributed by atoms with van der Waals surface area (Å²) in [7, 11) is 1.64. The summed E-state index contributed by atoms with van der Waals surface area (Å²) in [5.74, 6) is 3.53. The van der Waals surface area contributed by atoms with Gasteiger partial charge in [0.15, 0.2) is 23.3 Å². The number of para-hydroxylation sites is 1. The van der Waals surface area contributed by atoms with Gasteiger partial charge < -0.3 is 51.5 Å². The van der Waals surface area contributed by atoms with E-state index in [1.807, 2.05) is 66.7 Å². The Labute approximate surface area is 380 Å². The van der Waals surface area contributed by atoms with E-state index in [0.717, 1.165) is 71.7 Å². The summed E-state index contributed by atoms with van der Waals surface area (Å²) in [6.45, 7) is 6.98. The summed E-state index contributed by atoms with van der Waals surface area (Å²) in [6.07, 6.45) is 12.0. The molecule has 0 unspecified atom stereocenters. The summed E-state index contributed by atoms with van der Waals surface area (Å²) < 4.78 is 20.1. The molecule has 0 radical (unpaired) electrons. The van der Waals surface area contributed by atoms with Crippen LogP contribution in [0.1, 0.15) is 25.7 Å². The SMILES string of the molecule is C=CC(=O)N1CCC[C@@H](Nc2ncnc(N)c2-n2ncc3cc(OCCOC)ccc32)C1.N=CC(=O)N1CCC[C@@H](Nc2ncnc(N)c2-n2ncc3cc(Oc4ccccc4)ccc32)C1. The molecule has 3 aromatic carbocycles. The summed E-state index contributed by atoms with van der Waals surface area (Å²) in [5, 5.41) is 25.0. The zero-order valence-electron chi connectivity index (χ0n) is 36.4. The fraction of sp³-hybridized carbons (Fsp3) is 0.283. The average Bonchev–Trinajstić information content (AvgIpc) is 3.95. The van der Waals surface area contributed by atoms with Crippen LogP contribution < -0.4 is 31.6 Å². The molecule has 66 heavy (non-hydrogen) atoms. The number of piperidine rings is 2. The number of nitrogens with two attached hydrogens (primary N) is 2. The number of likely N-dealkylation sites (tertiary alicyclic amines) is 2. The number of ether oxygens (including phenoxy) is 3. The van der Waals surface area contributed by atoms with Gasteiger partial charge in [0, 0.05) is 56.1 Å². The number of carbonyl (C=O) groups excluding carboxylic acids is 2. The number of nitrogens with zero attached hydrogens (tertiary/aromatic N) is 10. The fourth-order valence-electron chi connectivity index (χ4n) is 8.01. The second-order valence-corrected chi connectivity index (χ2v) is 15.6. The second kappa shape index (κ2) is 20.6. The Morgan fingerprint density at radius 2 is 1.29 bits per heavy atom. The van der Waals surface area contributed by atoms with Crippen molar-refractivity contribution in [2.45, 2.75) is 37.8 Å². The van der Waals surface area contributed by atoms with E-state index in [1.54, 1.807) is 38.7 Å². The van der Waals surface area contributed by atoms with Crippen LogP contribution >= 0.6 is 0 Å². The predicted molar refractivity (Wildman–Crippen MR) is 251 cm³/mol. The monoisotopic (exact) mass is 893 g/mol. The van der Waals surface area contributed by atoms with Gasteiger partial charge in [-0.05, 0) is 80.3 Å². The minimum absolute atomic E-state index is 0.0293. The lowest BCUT2D eigenvalue weighted by atomic mass is 10.1. The second-order valence-electron chi connectivity index (χ2n) is 15.6. The molecule has 9 rings (SSSR count). The van der Waals surface area contributed by atoms with Crippen LogP contribution in [0.3, 0.4) is 0 Å². The maximum absolute atomic E-state index is 12.0. The van der Waals surface area contributed by atoms with Gasteiger partial charge in [-0.15, -0.1) is 0 Å². The number of amides is 2. The minimum atomic E-state index is -0.291. The van der Waals surface area contributed by atoms with Crippen LogP contribution in [0.4, 0.5) is 23.3 Å². The molecule has 2 aliphatic rings. The zero-order valence-corrected chi connectivity index (χ0v) is 36.4. The number of hydrogen-bond acceptors (Lipinski definition) is 16. The lowest BCUT2D eigenvalue weighted by Crippen LogP contribution is -2.45. The molecule has 0 saturated carbocycles. The standard InChI is InChI=1S/C24H24N8O2.C22H27N7O3/c25-12-21(33)31-10-4-5-17(14-31)30-24-22(23(26)27-15-28-24)32-20-9-8-19(11-16(20)13-29-32)34-18-6-2-1-3-7-18;1-3-19(30)28-8-4-5-16(13-28)27-22-20(21(23)24-14-25-22)29-18-7-6-17(32-10-9-31-2)11-15(18)12-26-29/h1-3,6-9,11-13,15,17,25H,4-5,10,14H2,(H3,26,27,28,30);3,6-7,11-12,14,16H,1,4-5,8-10,13H2,2H3,(H3,23,24,25,27)/t17-;16-/m11/s1. The third-order valence-corrected chi connectivity index (χ3v) is 11.2. The van der Waals surface area contributed by atoms with Crippen LogP contribution in [-0.4, -0.2) is 126 Å². The number of anilines is 4. The third kappa shape index (κ3) is 10.1. The molecule has 4 aromatic heterocycles. The number of rotatable bonds is 14. The molecule has 7 N–H and O–H groups in total. The highest BCUT2D eigenvalue weighted by Gasteiger charge is 2.27. The number of carbonyl (C=O) groups is 2. The lowest BCUT2D eigenvalue weighted by molar-refractivity contribution is -0.127. The molecule has 0 spiro atoms. The number of nitrogen functional groups attached to an aromatic ring is 2. The molecule has 7 aromatic rings. The van der Waals surface area contributed by atoms with E-state index < -0.39 is 0 Å². The molecule has 340 valence electrons. The molecule has 6 heterocycles. The van der Waals surface area contributed by atoms with Crippen molar-refractivity contribution in [2.24, 2.45) is 0 Å². The van der Waals surface area contributed by atoms with Gasteiger partial charge in [-0.2, -0.15) is 10.2 Å². The van der Waals surface area contributed by atoms with Gasteiger partial charge in [0.1, 0.15) is 47.9 Å². The molecule has 0 aliphatic carbocycles. The molecule has 2 atom stereocenters. The van der Waals surface area contributed by atoms with Gasteiger partial charge in [0.2, 0.25) is 5.91 Å². The third-order valence-electron chi connectivity index (χ3n) is 11.2. The van der Waals surface area contributed by atoms with Gasteiger partial charge >= 0.3 is 0 Å². The van der Waals surface area contributed by atoms with Crippen molar-refractivity contribution in [3.63, 3.8) is 0 Å². The smallest absolute Gasteiger partial charge is 0.264 e. The number of aromatic nitrogens is 8. The molecule has 20 nitrogen and oxygen atoms in total. The number of benzene rings is 3. The highest BCUT2D eigenvalue weighted by Crippen LogP contribution is 2.32. The lowest BCUT2D eigenvalue weighted by Gasteiger charge is -2.33. The van der Waals surface area contributed by atoms with Crippen LogP contribution in [0.25, 0.3) is 33.2 Å². The molecule has 2 fully saturated rings. The summed E-state index contributed by atoms with van der Waals surface area (Å²) in [4.78, 5) is 44.6. The van der Waals surface area contributed by atoms with Gasteiger partial charge in [0.05, 0.1) is 36.2 Å². The van der Waals surface area contributed by atoms with Crippen molar-refractivity contribution in [1.82, 2.24) is 49.3 Å². The normalized spacial score (nSPS) is 16.0. The fourth-order valence-corrected chi connectivity index (χ4v) is 8.01. The maximum Gasteiger partial charge on any atom is 0.264 e. The van der Waals surface area contributed by atoms with Crippen molar-refractivity contribution in [3.8, 4) is 28.6 Å². The van der Waals surface area contributed by atoms with Gasteiger partial charge in [-0.25, -0.2) is 29.3 Å². The van der Waals surface area contributed by atoms with E-state index >= 15 is 0 Å². The van der Waals surface area contributed by atoms with Gasteiger partial charge in [-0.3, -0.25) is 9.59 Å². The van der Waals surface area contributed by atoms with Crippen molar-refractivity contribution in [1.29, 1.82) is 5.41 Å². The first-order chi connectivity index (χ1) is 32.2. The topological polar surface area (TPSA) is 255 Å². The van der Waals surface area contributed by atoms with E-state index in [4.69, 9.17) is 31.1 Å². The first kappa shape index (κ1) is 44.5.